The molecule has 0 amide bonds. The number of pyridine rings is 1. The predicted molar refractivity (Wildman–Crippen MR) is 94.9 cm³/mol. The van der Waals surface area contributed by atoms with Crippen molar-refractivity contribution in [2.45, 2.75) is 25.0 Å². The molecule has 0 aliphatic carbocycles. The van der Waals surface area contributed by atoms with Gasteiger partial charge < -0.3 is 14.6 Å². The third kappa shape index (κ3) is 1.60. The molecule has 2 atom stereocenters. The number of anilines is 1. The number of fused-ring (bicyclic) bond motifs is 8. The predicted octanol–water partition coefficient (Wildman–Crippen LogP) is 3.61. The van der Waals surface area contributed by atoms with Gasteiger partial charge in [0.05, 0.1) is 11.1 Å². The Hall–Kier alpha value is -2.75. The summed E-state index contributed by atoms with van der Waals surface area (Å²) in [7, 11) is 2.06. The smallest absolute Gasteiger partial charge is 0.256 e. The number of para-hydroxylation sites is 2. The molecule has 2 bridgehead atoms. The molecule has 0 fully saturated rings. The van der Waals surface area contributed by atoms with Crippen molar-refractivity contribution in [1.29, 1.82) is 0 Å². The summed E-state index contributed by atoms with van der Waals surface area (Å²) in [6, 6.07) is 16.1. The van der Waals surface area contributed by atoms with Gasteiger partial charge in [-0.25, -0.2) is 0 Å². The second-order valence-corrected chi connectivity index (χ2v) is 6.89. The van der Waals surface area contributed by atoms with Gasteiger partial charge in [-0.1, -0.05) is 30.3 Å². The molecule has 1 N–H and O–H groups in total. The summed E-state index contributed by atoms with van der Waals surface area (Å²) in [6.07, 6.45) is 0.773. The number of aromatic amines is 1. The number of aromatic nitrogens is 1. The lowest BCUT2D eigenvalue weighted by Gasteiger charge is -2.50. The van der Waals surface area contributed by atoms with Gasteiger partial charge in [0.15, 0.2) is 5.72 Å². The van der Waals surface area contributed by atoms with Gasteiger partial charge in [0.25, 0.3) is 5.56 Å². The molecule has 24 heavy (non-hydrogen) atoms. The molecule has 5 rings (SSSR count). The first-order valence-corrected chi connectivity index (χ1v) is 8.25. The Balaban J connectivity index is 1.90. The number of nitrogens with one attached hydrogen (secondary N) is 1. The second kappa shape index (κ2) is 4.41. The van der Waals surface area contributed by atoms with Crippen LogP contribution in [0.4, 0.5) is 5.69 Å². The van der Waals surface area contributed by atoms with Gasteiger partial charge in [-0.05, 0) is 30.7 Å². The van der Waals surface area contributed by atoms with Crippen LogP contribution in [-0.4, -0.2) is 17.8 Å². The zero-order valence-electron chi connectivity index (χ0n) is 13.7. The maximum atomic E-state index is 12.8. The summed E-state index contributed by atoms with van der Waals surface area (Å²) < 4.78 is 6.46. The highest BCUT2D eigenvalue weighted by atomic mass is 16.5. The minimum absolute atomic E-state index is 0.0462. The van der Waals surface area contributed by atoms with E-state index in [0.717, 1.165) is 34.3 Å². The molecule has 4 nitrogen and oxygen atoms in total. The molecule has 2 aliphatic heterocycles. The lowest BCUT2D eigenvalue weighted by atomic mass is 9.77. The van der Waals surface area contributed by atoms with Crippen molar-refractivity contribution in [2.75, 3.05) is 11.9 Å². The fraction of sp³-hybridized carbons (Fsp3) is 0.250. The first-order valence-electron chi connectivity index (χ1n) is 8.25. The molecular formula is C20H18N2O2. The Morgan fingerprint density at radius 2 is 1.92 bits per heavy atom. The zero-order chi connectivity index (χ0) is 16.5. The summed E-state index contributed by atoms with van der Waals surface area (Å²) in [5, 5.41) is 0.968. The normalized spacial score (nSPS) is 24.2. The van der Waals surface area contributed by atoms with Gasteiger partial charge in [-0.15, -0.1) is 0 Å². The highest BCUT2D eigenvalue weighted by molar-refractivity contribution is 5.87. The molecule has 1 aromatic heterocycles. The van der Waals surface area contributed by atoms with Gasteiger partial charge in [0.2, 0.25) is 0 Å². The molecule has 0 saturated heterocycles. The summed E-state index contributed by atoms with van der Waals surface area (Å²) in [5.41, 5.74) is 3.41. The van der Waals surface area contributed by atoms with Crippen LogP contribution in [0.3, 0.4) is 0 Å². The number of nitrogens with zero attached hydrogens (tertiary/aromatic N) is 1. The summed E-state index contributed by atoms with van der Waals surface area (Å²) in [6.45, 7) is 2.11. The van der Waals surface area contributed by atoms with Gasteiger partial charge in [0, 0.05) is 30.5 Å². The molecule has 2 aromatic carbocycles. The fourth-order valence-corrected chi connectivity index (χ4v) is 4.21. The number of ether oxygens (including phenoxy) is 1. The Labute approximate surface area is 139 Å². The summed E-state index contributed by atoms with van der Waals surface area (Å²) in [5.74, 6) is 0.786. The van der Waals surface area contributed by atoms with Crippen LogP contribution in [0.15, 0.2) is 53.3 Å². The van der Waals surface area contributed by atoms with Crippen molar-refractivity contribution in [3.8, 4) is 5.75 Å². The van der Waals surface area contributed by atoms with Crippen molar-refractivity contribution in [3.05, 3.63) is 70.0 Å². The highest BCUT2D eigenvalue weighted by Crippen LogP contribution is 2.52. The first kappa shape index (κ1) is 13.7. The van der Waals surface area contributed by atoms with E-state index >= 15 is 0 Å². The van der Waals surface area contributed by atoms with Crippen LogP contribution < -0.4 is 15.2 Å². The van der Waals surface area contributed by atoms with E-state index in [1.54, 1.807) is 0 Å². The van der Waals surface area contributed by atoms with E-state index in [9.17, 15) is 4.79 Å². The monoisotopic (exact) mass is 318 g/mol. The molecule has 0 spiro atoms. The first-order chi connectivity index (χ1) is 11.6. The van der Waals surface area contributed by atoms with Crippen molar-refractivity contribution >= 4 is 16.6 Å². The number of H-pyrrole nitrogens is 1. The number of benzene rings is 2. The van der Waals surface area contributed by atoms with Crippen LogP contribution in [0.1, 0.15) is 30.4 Å². The van der Waals surface area contributed by atoms with Crippen LogP contribution in [0.2, 0.25) is 0 Å². The largest absolute Gasteiger partial charge is 0.467 e. The Kier molecular flexibility index (Phi) is 2.51. The van der Waals surface area contributed by atoms with Crippen molar-refractivity contribution in [1.82, 2.24) is 4.98 Å². The molecule has 0 radical (unpaired) electrons. The molecular weight excluding hydrogens is 300 g/mol. The molecule has 4 heteroatoms. The highest BCUT2D eigenvalue weighted by Gasteiger charge is 2.47. The van der Waals surface area contributed by atoms with Crippen LogP contribution in [0.25, 0.3) is 10.9 Å². The van der Waals surface area contributed by atoms with Gasteiger partial charge in [-0.3, -0.25) is 4.79 Å². The molecule has 2 aliphatic rings. The van der Waals surface area contributed by atoms with Gasteiger partial charge >= 0.3 is 0 Å². The zero-order valence-corrected chi connectivity index (χ0v) is 13.7. The maximum absolute atomic E-state index is 12.8. The van der Waals surface area contributed by atoms with Crippen LogP contribution in [0.5, 0.6) is 5.75 Å². The fourth-order valence-electron chi connectivity index (χ4n) is 4.21. The van der Waals surface area contributed by atoms with Crippen molar-refractivity contribution in [2.24, 2.45) is 0 Å². The van der Waals surface area contributed by atoms with Crippen LogP contribution in [0, 0.1) is 0 Å². The van der Waals surface area contributed by atoms with Crippen molar-refractivity contribution in [3.63, 3.8) is 0 Å². The minimum atomic E-state index is -0.456. The average molecular weight is 318 g/mol. The number of hydrogen-bond acceptors (Lipinski definition) is 3. The third-order valence-electron chi connectivity index (χ3n) is 5.55. The third-order valence-corrected chi connectivity index (χ3v) is 5.55. The minimum Gasteiger partial charge on any atom is -0.467 e. The SMILES string of the molecule is CN1c2ccccc2C2CC1(C)Oc1c2c(=O)[nH]c2ccccc12. The summed E-state index contributed by atoms with van der Waals surface area (Å²) >= 11 is 0. The molecule has 3 heterocycles. The lowest BCUT2D eigenvalue weighted by molar-refractivity contribution is 0.0542. The van der Waals surface area contributed by atoms with E-state index in [0.29, 0.717) is 0 Å². The summed E-state index contributed by atoms with van der Waals surface area (Å²) in [4.78, 5) is 18.0. The molecule has 2 unspecified atom stereocenters. The van der Waals surface area contributed by atoms with Crippen molar-refractivity contribution < 1.29 is 4.74 Å². The Morgan fingerprint density at radius 1 is 1.17 bits per heavy atom. The topological polar surface area (TPSA) is 45.3 Å². The number of rotatable bonds is 0. The van der Waals surface area contributed by atoms with E-state index in [4.69, 9.17) is 4.74 Å². The van der Waals surface area contributed by atoms with Gasteiger partial charge in [-0.2, -0.15) is 0 Å². The Bertz CT molecular complexity index is 1040. The van der Waals surface area contributed by atoms with E-state index in [-0.39, 0.29) is 11.5 Å². The maximum Gasteiger partial charge on any atom is 0.256 e. The lowest BCUT2D eigenvalue weighted by Crippen LogP contribution is -2.56. The van der Waals surface area contributed by atoms with Gasteiger partial charge in [0.1, 0.15) is 5.75 Å². The molecule has 3 aromatic rings. The Morgan fingerprint density at radius 3 is 2.79 bits per heavy atom. The molecule has 120 valence electrons. The number of hydrogen-bond donors (Lipinski definition) is 1. The quantitative estimate of drug-likeness (QED) is 0.689. The van der Waals surface area contributed by atoms with E-state index in [1.807, 2.05) is 36.4 Å². The standard InChI is InChI=1S/C20H18N2O2/c1-20-11-14(12-7-4-6-10-16(12)22(20)2)17-18(24-20)13-8-3-5-9-15(13)21-19(17)23/h3-10,14H,11H2,1-2H3,(H,21,23). The van der Waals surface area contributed by atoms with E-state index in [1.165, 1.54) is 5.56 Å². The van der Waals surface area contributed by atoms with Crippen LogP contribution >= 0.6 is 0 Å². The van der Waals surface area contributed by atoms with E-state index < -0.39 is 5.72 Å². The second-order valence-electron chi connectivity index (χ2n) is 6.89. The van der Waals surface area contributed by atoms with E-state index in [2.05, 4.69) is 36.0 Å². The average Bonchev–Trinajstić information content (AvgIpc) is 2.59. The molecule has 0 saturated carbocycles. The van der Waals surface area contributed by atoms with Crippen LogP contribution in [-0.2, 0) is 0 Å².